The molecule has 52 heavy (non-hydrogen) atoms. The number of para-hydroxylation sites is 3. The van der Waals surface area contributed by atoms with Gasteiger partial charge in [-0.1, -0.05) is 109 Å². The van der Waals surface area contributed by atoms with Gasteiger partial charge >= 0.3 is 0 Å². The molecule has 0 N–H and O–H groups in total. The maximum atomic E-state index is 2.48. The van der Waals surface area contributed by atoms with Crippen molar-refractivity contribution in [2.24, 2.45) is 0 Å². The Hall–Kier alpha value is -6.20. The molecule has 0 spiro atoms. The summed E-state index contributed by atoms with van der Waals surface area (Å²) in [5, 5.41) is 10.3. The van der Waals surface area contributed by atoms with E-state index in [1.54, 1.807) is 0 Å². The van der Waals surface area contributed by atoms with Crippen LogP contribution in [0.1, 0.15) is 0 Å². The highest BCUT2D eigenvalue weighted by molar-refractivity contribution is 7.27. The molecule has 4 heteroatoms. The van der Waals surface area contributed by atoms with Crippen molar-refractivity contribution in [3.63, 3.8) is 0 Å². The molecule has 0 aliphatic carbocycles. The second-order valence-electron chi connectivity index (χ2n) is 13.7. The van der Waals surface area contributed by atoms with Gasteiger partial charge in [-0.2, -0.15) is 0 Å². The zero-order valence-electron chi connectivity index (χ0n) is 27.9. The minimum absolute atomic E-state index is 1.18. The Kier molecular flexibility index (Phi) is 5.84. The predicted molar refractivity (Wildman–Crippen MR) is 226 cm³/mol. The smallest absolute Gasteiger partial charge is 0.0548 e. The van der Waals surface area contributed by atoms with Crippen LogP contribution in [-0.2, 0) is 0 Å². The lowest BCUT2D eigenvalue weighted by Gasteiger charge is -2.10. The average Bonchev–Trinajstić information content (AvgIpc) is 3.95. The van der Waals surface area contributed by atoms with E-state index in [1.807, 2.05) is 22.7 Å². The molecule has 242 valence electrons. The van der Waals surface area contributed by atoms with Gasteiger partial charge in [0.1, 0.15) is 0 Å². The lowest BCUT2D eigenvalue weighted by atomic mass is 10.0. The fourth-order valence-corrected chi connectivity index (χ4v) is 11.1. The zero-order chi connectivity index (χ0) is 33.9. The zero-order valence-corrected chi connectivity index (χ0v) is 29.5. The summed E-state index contributed by atoms with van der Waals surface area (Å²) in [6.07, 6.45) is 0. The van der Waals surface area contributed by atoms with Gasteiger partial charge in [0.2, 0.25) is 0 Å². The summed E-state index contributed by atoms with van der Waals surface area (Å²) in [5.41, 5.74) is 9.88. The Morgan fingerprint density at radius 3 is 1.44 bits per heavy atom. The van der Waals surface area contributed by atoms with Crippen molar-refractivity contribution in [2.75, 3.05) is 0 Å². The minimum atomic E-state index is 1.18. The quantitative estimate of drug-likeness (QED) is 0.174. The molecule has 0 saturated heterocycles. The van der Waals surface area contributed by atoms with Crippen molar-refractivity contribution >= 4 is 107 Å². The third-order valence-corrected chi connectivity index (χ3v) is 13.4. The van der Waals surface area contributed by atoms with Crippen LogP contribution in [-0.4, -0.2) is 9.13 Å². The van der Waals surface area contributed by atoms with Crippen molar-refractivity contribution in [3.05, 3.63) is 170 Å². The first-order valence-electron chi connectivity index (χ1n) is 17.7. The van der Waals surface area contributed by atoms with Gasteiger partial charge in [-0.25, -0.2) is 0 Å². The predicted octanol–water partition coefficient (Wildman–Crippen LogP) is 14.3. The summed E-state index contributed by atoms with van der Waals surface area (Å²) in [6.45, 7) is 0. The van der Waals surface area contributed by atoms with E-state index in [-0.39, 0.29) is 0 Å². The van der Waals surface area contributed by atoms with Crippen LogP contribution in [0.2, 0.25) is 0 Å². The van der Waals surface area contributed by atoms with Crippen LogP contribution in [0, 0.1) is 0 Å². The van der Waals surface area contributed by atoms with Crippen molar-refractivity contribution in [1.29, 1.82) is 0 Å². The van der Waals surface area contributed by atoms with Crippen LogP contribution in [0.15, 0.2) is 170 Å². The molecule has 4 aromatic heterocycles. The highest BCUT2D eigenvalue weighted by atomic mass is 32.1. The molecule has 0 radical (unpaired) electrons. The third-order valence-electron chi connectivity index (χ3n) is 10.9. The summed E-state index contributed by atoms with van der Waals surface area (Å²) in [5.74, 6) is 0. The molecular formula is C48H28N2S2. The summed E-state index contributed by atoms with van der Waals surface area (Å²) in [4.78, 5) is 0. The number of fused-ring (bicyclic) bond motifs is 12. The lowest BCUT2D eigenvalue weighted by Crippen LogP contribution is -1.94. The van der Waals surface area contributed by atoms with Gasteiger partial charge in [0, 0.05) is 84.4 Å². The van der Waals surface area contributed by atoms with Crippen molar-refractivity contribution in [2.45, 2.75) is 0 Å². The normalized spacial score (nSPS) is 12.2. The van der Waals surface area contributed by atoms with E-state index in [4.69, 9.17) is 0 Å². The summed E-state index contributed by atoms with van der Waals surface area (Å²) in [6, 6.07) is 62.7. The number of aromatic nitrogens is 2. The average molecular weight is 697 g/mol. The third kappa shape index (κ3) is 3.88. The molecule has 4 heterocycles. The highest BCUT2D eigenvalue weighted by Crippen LogP contribution is 2.46. The van der Waals surface area contributed by atoms with Gasteiger partial charge in [-0.3, -0.25) is 0 Å². The molecule has 12 rings (SSSR count). The van der Waals surface area contributed by atoms with Crippen LogP contribution in [0.3, 0.4) is 0 Å². The van der Waals surface area contributed by atoms with Crippen LogP contribution >= 0.6 is 22.7 Å². The van der Waals surface area contributed by atoms with Gasteiger partial charge < -0.3 is 9.13 Å². The van der Waals surface area contributed by atoms with Crippen LogP contribution < -0.4 is 0 Å². The molecule has 0 atom stereocenters. The first-order chi connectivity index (χ1) is 25.8. The fourth-order valence-electron chi connectivity index (χ4n) is 8.66. The number of hydrogen-bond donors (Lipinski definition) is 0. The molecule has 0 amide bonds. The largest absolute Gasteiger partial charge is 0.309 e. The Balaban J connectivity index is 1.11. The number of thiophene rings is 2. The van der Waals surface area contributed by atoms with Gasteiger partial charge in [-0.05, 0) is 60.7 Å². The van der Waals surface area contributed by atoms with E-state index in [9.17, 15) is 0 Å². The summed E-state index contributed by atoms with van der Waals surface area (Å²) < 4.78 is 10.2. The van der Waals surface area contributed by atoms with E-state index >= 15 is 0 Å². The molecule has 0 fully saturated rings. The van der Waals surface area contributed by atoms with E-state index in [1.165, 1.54) is 106 Å². The fraction of sp³-hybridized carbons (Fsp3) is 0. The van der Waals surface area contributed by atoms with Crippen LogP contribution in [0.4, 0.5) is 0 Å². The number of rotatable bonds is 3. The molecule has 0 aliphatic heterocycles. The van der Waals surface area contributed by atoms with Crippen LogP contribution in [0.25, 0.3) is 106 Å². The SMILES string of the molecule is c1ccc(-n2c3ccccc3c3cc4c(cc32)c2ccccc2n4-c2ccc3sc4c(-c5cccc6c5sc5ccccc56)cccc4c3c2)cc1. The van der Waals surface area contributed by atoms with Crippen molar-refractivity contribution in [1.82, 2.24) is 9.13 Å². The van der Waals surface area contributed by atoms with E-state index in [0.717, 1.165) is 0 Å². The topological polar surface area (TPSA) is 9.86 Å². The minimum Gasteiger partial charge on any atom is -0.309 e. The second-order valence-corrected chi connectivity index (χ2v) is 15.8. The molecule has 0 bridgehead atoms. The van der Waals surface area contributed by atoms with Gasteiger partial charge in [0.05, 0.1) is 22.1 Å². The standard InChI is InChI=1S/C48H28N2S2/c1-2-12-29(13-3-1)49-41-21-7-4-14-31(41)38-28-44-39(27-43(38)49)32-15-5-8-22-42(32)50(44)30-24-25-46-40(26-30)37-20-11-19-36(48(37)52-46)35-18-10-17-34-33-16-6-9-23-45(33)51-47(34)35/h1-28H. The molecule has 0 unspecified atom stereocenters. The Morgan fingerprint density at radius 2 is 0.788 bits per heavy atom. The second kappa shape index (κ2) is 10.7. The van der Waals surface area contributed by atoms with Crippen molar-refractivity contribution in [3.8, 4) is 22.5 Å². The number of benzene rings is 8. The first kappa shape index (κ1) is 28.5. The highest BCUT2D eigenvalue weighted by Gasteiger charge is 2.20. The monoisotopic (exact) mass is 696 g/mol. The van der Waals surface area contributed by atoms with E-state index in [2.05, 4.69) is 179 Å². The van der Waals surface area contributed by atoms with Crippen molar-refractivity contribution < 1.29 is 0 Å². The molecule has 8 aromatic carbocycles. The lowest BCUT2D eigenvalue weighted by molar-refractivity contribution is 1.18. The van der Waals surface area contributed by atoms with Gasteiger partial charge in [0.15, 0.2) is 0 Å². The Labute approximate surface area is 306 Å². The summed E-state index contributed by atoms with van der Waals surface area (Å²) in [7, 11) is 0. The number of nitrogens with zero attached hydrogens (tertiary/aromatic N) is 2. The Bertz CT molecular complexity index is 3410. The number of hydrogen-bond acceptors (Lipinski definition) is 2. The van der Waals surface area contributed by atoms with Gasteiger partial charge in [0.25, 0.3) is 0 Å². The van der Waals surface area contributed by atoms with Crippen LogP contribution in [0.5, 0.6) is 0 Å². The van der Waals surface area contributed by atoms with E-state index in [0.29, 0.717) is 0 Å². The van der Waals surface area contributed by atoms with Gasteiger partial charge in [-0.15, -0.1) is 22.7 Å². The maximum Gasteiger partial charge on any atom is 0.0548 e. The Morgan fingerprint density at radius 1 is 0.288 bits per heavy atom. The van der Waals surface area contributed by atoms with E-state index < -0.39 is 0 Å². The maximum absolute atomic E-state index is 2.48. The molecule has 12 aromatic rings. The summed E-state index contributed by atoms with van der Waals surface area (Å²) >= 11 is 3.81. The molecule has 0 saturated carbocycles. The first-order valence-corrected chi connectivity index (χ1v) is 19.3. The molecule has 0 aliphatic rings. The molecular weight excluding hydrogens is 669 g/mol. The molecule has 2 nitrogen and oxygen atoms in total.